The molecule has 3 N–H and O–H groups in total. The average molecular weight is 376 g/mol. The van der Waals surface area contributed by atoms with Crippen LogP contribution in [0.15, 0.2) is 18.2 Å². The maximum atomic E-state index is 12.1. The predicted octanol–water partition coefficient (Wildman–Crippen LogP) is 1.87. The molecular formula is C19H24N2O6. The molecule has 1 amide bonds. The van der Waals surface area contributed by atoms with Crippen LogP contribution in [0.5, 0.6) is 11.5 Å². The number of carboxylic acid groups (broad SMARTS) is 1. The van der Waals surface area contributed by atoms with E-state index in [2.05, 4.69) is 10.3 Å². The Bertz CT molecular complexity index is 831. The number of carboxylic acids is 1. The Morgan fingerprint density at radius 2 is 2.00 bits per heavy atom. The molecule has 1 fully saturated rings. The lowest BCUT2D eigenvalue weighted by Crippen LogP contribution is -2.36. The van der Waals surface area contributed by atoms with Gasteiger partial charge in [0.15, 0.2) is 6.10 Å². The molecule has 2 aromatic rings. The zero-order valence-electron chi connectivity index (χ0n) is 15.4. The minimum absolute atomic E-state index is 0.248. The van der Waals surface area contributed by atoms with Gasteiger partial charge in [-0.3, -0.25) is 4.79 Å². The summed E-state index contributed by atoms with van der Waals surface area (Å²) in [5, 5.41) is 12.7. The second-order valence-corrected chi connectivity index (χ2v) is 6.51. The highest BCUT2D eigenvalue weighted by Gasteiger charge is 2.34. The highest BCUT2D eigenvalue weighted by Crippen LogP contribution is 2.31. The van der Waals surface area contributed by atoms with E-state index in [1.54, 1.807) is 14.2 Å². The van der Waals surface area contributed by atoms with Crippen LogP contribution in [-0.4, -0.2) is 54.9 Å². The van der Waals surface area contributed by atoms with Crippen molar-refractivity contribution < 1.29 is 28.9 Å². The van der Waals surface area contributed by atoms with E-state index in [4.69, 9.17) is 19.3 Å². The third-order valence-corrected chi connectivity index (χ3v) is 4.69. The lowest BCUT2D eigenvalue weighted by molar-refractivity contribution is -0.151. The molecule has 1 aliphatic rings. The van der Waals surface area contributed by atoms with Crippen molar-refractivity contribution in [2.75, 3.05) is 20.8 Å². The molecule has 146 valence electrons. The average Bonchev–Trinajstić information content (AvgIpc) is 3.31. The van der Waals surface area contributed by atoms with Crippen LogP contribution >= 0.6 is 0 Å². The number of H-pyrrole nitrogens is 1. The lowest BCUT2D eigenvalue weighted by atomic mass is 10.2. The van der Waals surface area contributed by atoms with E-state index in [1.165, 1.54) is 0 Å². The summed E-state index contributed by atoms with van der Waals surface area (Å²) in [6, 6.07) is 5.79. The van der Waals surface area contributed by atoms with Gasteiger partial charge in [0.2, 0.25) is 5.91 Å². The van der Waals surface area contributed by atoms with Crippen LogP contribution in [0.1, 0.15) is 25.0 Å². The van der Waals surface area contributed by atoms with Gasteiger partial charge in [0.1, 0.15) is 17.6 Å². The number of aromatic nitrogens is 1. The topological polar surface area (TPSA) is 110 Å². The number of aromatic amines is 1. The third kappa shape index (κ3) is 4.33. The Labute approximate surface area is 156 Å². The Hall–Kier alpha value is -2.74. The molecule has 1 aromatic carbocycles. The quantitative estimate of drug-likeness (QED) is 0.607. The van der Waals surface area contributed by atoms with E-state index < -0.39 is 18.2 Å². The molecule has 0 bridgehead atoms. The molecular weight excluding hydrogens is 352 g/mol. The van der Waals surface area contributed by atoms with Crippen molar-refractivity contribution >= 4 is 22.8 Å². The number of benzene rings is 1. The maximum absolute atomic E-state index is 12.1. The second kappa shape index (κ2) is 8.30. The number of methoxy groups -OCH3 is 2. The molecule has 0 spiro atoms. The largest absolute Gasteiger partial charge is 0.497 e. The molecule has 1 saturated heterocycles. The van der Waals surface area contributed by atoms with Gasteiger partial charge < -0.3 is 29.6 Å². The number of rotatable bonds is 8. The highest BCUT2D eigenvalue weighted by molar-refractivity contribution is 5.88. The van der Waals surface area contributed by atoms with E-state index >= 15 is 0 Å². The monoisotopic (exact) mass is 376 g/mol. The zero-order valence-corrected chi connectivity index (χ0v) is 15.4. The van der Waals surface area contributed by atoms with E-state index in [0.29, 0.717) is 19.4 Å². The first-order valence-electron chi connectivity index (χ1n) is 8.91. The second-order valence-electron chi connectivity index (χ2n) is 6.51. The standard InChI is InChI=1S/C19H24N2O6/c1-25-12-9-14-13(17(10-12)26-2)8-11(21-14)4-3-7-20-18(22)15-5-6-16(27-15)19(23)24/h8-10,15-16,21H,3-7H2,1-2H3,(H,20,22)(H,23,24)/t15-,16+/m0/s1. The Kier molecular flexibility index (Phi) is 5.85. The fraction of sp³-hybridized carbons (Fsp3) is 0.474. The SMILES string of the molecule is COc1cc(OC)c2cc(CCCNC(=O)[C@@H]3CC[C@H](C(=O)O)O3)[nH]c2c1. The number of carbonyl (C=O) groups is 2. The van der Waals surface area contributed by atoms with Crippen LogP contribution in [0.3, 0.4) is 0 Å². The molecule has 0 aliphatic carbocycles. The van der Waals surface area contributed by atoms with Crippen LogP contribution < -0.4 is 14.8 Å². The summed E-state index contributed by atoms with van der Waals surface area (Å²) < 4.78 is 15.9. The smallest absolute Gasteiger partial charge is 0.332 e. The van der Waals surface area contributed by atoms with Crippen molar-refractivity contribution in [3.05, 3.63) is 23.9 Å². The highest BCUT2D eigenvalue weighted by atomic mass is 16.5. The number of carbonyl (C=O) groups excluding carboxylic acids is 1. The van der Waals surface area contributed by atoms with E-state index in [-0.39, 0.29) is 5.91 Å². The van der Waals surface area contributed by atoms with Gasteiger partial charge in [0, 0.05) is 29.8 Å². The fourth-order valence-electron chi connectivity index (χ4n) is 3.27. The van der Waals surface area contributed by atoms with Crippen LogP contribution in [0.2, 0.25) is 0 Å². The molecule has 8 nitrogen and oxygen atoms in total. The first kappa shape index (κ1) is 19.0. The zero-order chi connectivity index (χ0) is 19.4. The summed E-state index contributed by atoms with van der Waals surface area (Å²) in [5.41, 5.74) is 1.97. The van der Waals surface area contributed by atoms with Crippen molar-refractivity contribution in [1.29, 1.82) is 0 Å². The minimum atomic E-state index is -1.02. The summed E-state index contributed by atoms with van der Waals surface area (Å²) >= 11 is 0. The summed E-state index contributed by atoms with van der Waals surface area (Å²) in [4.78, 5) is 26.3. The molecule has 0 radical (unpaired) electrons. The van der Waals surface area contributed by atoms with Crippen molar-refractivity contribution in [3.63, 3.8) is 0 Å². The fourth-order valence-corrected chi connectivity index (χ4v) is 3.27. The van der Waals surface area contributed by atoms with Crippen LogP contribution in [-0.2, 0) is 20.7 Å². The van der Waals surface area contributed by atoms with Crippen molar-refractivity contribution in [3.8, 4) is 11.5 Å². The van der Waals surface area contributed by atoms with Crippen molar-refractivity contribution in [1.82, 2.24) is 10.3 Å². The molecule has 8 heteroatoms. The molecule has 2 atom stereocenters. The van der Waals surface area contributed by atoms with Crippen molar-refractivity contribution in [2.45, 2.75) is 37.9 Å². The van der Waals surface area contributed by atoms with Crippen LogP contribution in [0, 0.1) is 0 Å². The molecule has 1 aromatic heterocycles. The van der Waals surface area contributed by atoms with Gasteiger partial charge in [-0.1, -0.05) is 0 Å². The number of hydrogen-bond donors (Lipinski definition) is 3. The molecule has 2 heterocycles. The normalized spacial score (nSPS) is 19.2. The van der Waals surface area contributed by atoms with Gasteiger partial charge in [-0.2, -0.15) is 0 Å². The molecule has 1 aliphatic heterocycles. The number of nitrogens with one attached hydrogen (secondary N) is 2. The molecule has 0 saturated carbocycles. The van der Waals surface area contributed by atoms with E-state index in [0.717, 1.165) is 40.9 Å². The summed E-state index contributed by atoms with van der Waals surface area (Å²) in [6.45, 7) is 0.492. The van der Waals surface area contributed by atoms with Gasteiger partial charge in [-0.15, -0.1) is 0 Å². The van der Waals surface area contributed by atoms with E-state index in [9.17, 15) is 9.59 Å². The maximum Gasteiger partial charge on any atom is 0.332 e. The van der Waals surface area contributed by atoms with Gasteiger partial charge in [0.25, 0.3) is 0 Å². The van der Waals surface area contributed by atoms with Gasteiger partial charge in [-0.25, -0.2) is 4.79 Å². The van der Waals surface area contributed by atoms with Crippen molar-refractivity contribution in [2.24, 2.45) is 0 Å². The van der Waals surface area contributed by atoms with Gasteiger partial charge >= 0.3 is 5.97 Å². The first-order valence-corrected chi connectivity index (χ1v) is 8.91. The third-order valence-electron chi connectivity index (χ3n) is 4.69. The van der Waals surface area contributed by atoms with Gasteiger partial charge in [-0.05, 0) is 31.7 Å². The van der Waals surface area contributed by atoms with Gasteiger partial charge in [0.05, 0.1) is 19.7 Å². The molecule has 27 heavy (non-hydrogen) atoms. The minimum Gasteiger partial charge on any atom is -0.497 e. The van der Waals surface area contributed by atoms with Crippen LogP contribution in [0.4, 0.5) is 0 Å². The number of hydrogen-bond acceptors (Lipinski definition) is 5. The Balaban J connectivity index is 1.51. The number of ether oxygens (including phenoxy) is 3. The summed E-state index contributed by atoms with van der Waals surface area (Å²) in [5.74, 6) is 0.195. The Morgan fingerprint density at radius 1 is 1.22 bits per heavy atom. The number of fused-ring (bicyclic) bond motifs is 1. The Morgan fingerprint density at radius 3 is 2.67 bits per heavy atom. The lowest BCUT2D eigenvalue weighted by Gasteiger charge is -2.11. The predicted molar refractivity (Wildman–Crippen MR) is 98.3 cm³/mol. The van der Waals surface area contributed by atoms with E-state index in [1.807, 2.05) is 18.2 Å². The number of aliphatic carboxylic acids is 1. The number of aryl methyl sites for hydroxylation is 1. The molecule has 3 rings (SSSR count). The molecule has 0 unspecified atom stereocenters. The summed E-state index contributed by atoms with van der Waals surface area (Å²) in [7, 11) is 3.23. The van der Waals surface area contributed by atoms with Crippen LogP contribution in [0.25, 0.3) is 10.9 Å². The number of amides is 1. The first-order chi connectivity index (χ1) is 13.0. The summed E-state index contributed by atoms with van der Waals surface area (Å²) in [6.07, 6.45) is 0.756.